The molecule has 1 rings (SSSR count). The summed E-state index contributed by atoms with van der Waals surface area (Å²) in [6.07, 6.45) is 14.2. The summed E-state index contributed by atoms with van der Waals surface area (Å²) in [5.74, 6) is -0.593. The molecule has 0 amide bonds. The second-order valence-corrected chi connectivity index (χ2v) is 7.31. The Hall–Kier alpha value is -1.98. The van der Waals surface area contributed by atoms with Crippen LogP contribution in [0.4, 0.5) is 0 Å². The third kappa shape index (κ3) is 13.0. The van der Waals surface area contributed by atoms with E-state index < -0.39 is 5.97 Å². The Bertz CT molecular complexity index is 613. The van der Waals surface area contributed by atoms with Gasteiger partial charge in [-0.25, -0.2) is 5.48 Å². The molecule has 5 heteroatoms. The third-order valence-corrected chi connectivity index (χ3v) is 4.70. The fourth-order valence-electron chi connectivity index (χ4n) is 3.02. The van der Waals surface area contributed by atoms with Crippen molar-refractivity contribution in [2.24, 2.45) is 0 Å². The number of hydrogen-bond acceptors (Lipinski definition) is 4. The van der Waals surface area contributed by atoms with E-state index in [-0.39, 0.29) is 12.2 Å². The lowest BCUT2D eigenvalue weighted by molar-refractivity contribution is -0.137. The Kier molecular flexibility index (Phi) is 14.6. The van der Waals surface area contributed by atoms with Gasteiger partial charge in [0.25, 0.3) is 0 Å². The minimum absolute atomic E-state index is 0.147. The number of carboxylic acid groups (broad SMARTS) is 1. The first kappa shape index (κ1) is 25.1. The van der Waals surface area contributed by atoms with E-state index in [1.165, 1.54) is 25.7 Å². The van der Waals surface area contributed by atoms with Gasteiger partial charge in [0.2, 0.25) is 0 Å². The predicted octanol–water partition coefficient (Wildman–Crippen LogP) is 5.80. The Labute approximate surface area is 175 Å². The Morgan fingerprint density at radius 3 is 2.59 bits per heavy atom. The highest BCUT2D eigenvalue weighted by atomic mass is 16.6. The molecule has 0 atom stereocenters. The van der Waals surface area contributed by atoms with Gasteiger partial charge in [0.05, 0.1) is 6.61 Å². The molecule has 0 aliphatic heterocycles. The fraction of sp³-hybridized carbons (Fsp3) is 0.583. The highest BCUT2D eigenvalue weighted by molar-refractivity contribution is 5.99. The summed E-state index contributed by atoms with van der Waals surface area (Å²) in [5, 5.41) is 8.54. The number of hydrogen-bond donors (Lipinski definition) is 2. The molecule has 1 aromatic carbocycles. The first-order chi connectivity index (χ1) is 14.1. The number of nitrogens with one attached hydrogen (secondary N) is 1. The average molecular weight is 404 g/mol. The minimum Gasteiger partial charge on any atom is -0.481 e. The molecular weight excluding hydrogens is 366 g/mol. The Balaban J connectivity index is 2.21. The molecule has 0 saturated heterocycles. The maximum atomic E-state index is 12.6. The van der Waals surface area contributed by atoms with Gasteiger partial charge in [0.1, 0.15) is 0 Å². The van der Waals surface area contributed by atoms with Gasteiger partial charge in [-0.2, -0.15) is 0 Å². The number of carbonyl (C=O) groups excluding carboxylic acids is 1. The summed E-state index contributed by atoms with van der Waals surface area (Å²) in [5.41, 5.74) is 4.60. The second kappa shape index (κ2) is 16.9. The number of benzene rings is 1. The third-order valence-electron chi connectivity index (χ3n) is 4.70. The molecule has 29 heavy (non-hydrogen) atoms. The molecule has 162 valence electrons. The topological polar surface area (TPSA) is 75.6 Å². The summed E-state index contributed by atoms with van der Waals surface area (Å²) in [6, 6.07) is 7.84. The van der Waals surface area contributed by atoms with E-state index in [0.29, 0.717) is 26.0 Å². The zero-order valence-corrected chi connectivity index (χ0v) is 17.8. The van der Waals surface area contributed by atoms with Crippen LogP contribution < -0.4 is 5.48 Å². The molecule has 2 N–H and O–H groups in total. The zero-order valence-electron chi connectivity index (χ0n) is 17.8. The number of rotatable bonds is 18. The number of ketones is 1. The summed E-state index contributed by atoms with van der Waals surface area (Å²) in [4.78, 5) is 28.2. The van der Waals surface area contributed by atoms with Crippen molar-refractivity contribution in [3.05, 3.63) is 41.5 Å². The van der Waals surface area contributed by atoms with Crippen LogP contribution in [0.2, 0.25) is 0 Å². The van der Waals surface area contributed by atoms with Crippen LogP contribution in [0.25, 0.3) is 6.08 Å². The minimum atomic E-state index is -0.791. The number of aliphatic carboxylic acids is 1. The quantitative estimate of drug-likeness (QED) is 0.184. The Morgan fingerprint density at radius 2 is 1.79 bits per heavy atom. The molecule has 0 bridgehead atoms. The standard InChI is InChI=1S/C24H37NO4/c1-2-3-4-5-6-8-14-21-15-10-11-16-22(21)23(26)17-9-7-12-20-29-25-19-13-18-24(27)28/h8,10-11,14-16,25H,2-7,9,12-13,17-20H2,1H3,(H,27,28). The lowest BCUT2D eigenvalue weighted by Crippen LogP contribution is -2.17. The lowest BCUT2D eigenvalue weighted by Gasteiger charge is -2.07. The van der Waals surface area contributed by atoms with Crippen molar-refractivity contribution in [2.75, 3.05) is 13.2 Å². The molecule has 0 aliphatic rings. The molecule has 1 aromatic rings. The number of carbonyl (C=O) groups is 2. The molecule has 0 aliphatic carbocycles. The van der Waals surface area contributed by atoms with Crippen molar-refractivity contribution in [3.63, 3.8) is 0 Å². The van der Waals surface area contributed by atoms with Crippen LogP contribution in [0.15, 0.2) is 30.3 Å². The van der Waals surface area contributed by atoms with Crippen molar-refractivity contribution < 1.29 is 19.5 Å². The van der Waals surface area contributed by atoms with E-state index in [2.05, 4.69) is 24.6 Å². The van der Waals surface area contributed by atoms with Crippen LogP contribution in [-0.4, -0.2) is 30.0 Å². The van der Waals surface area contributed by atoms with Crippen LogP contribution in [0, 0.1) is 0 Å². The Morgan fingerprint density at radius 1 is 1.00 bits per heavy atom. The zero-order chi connectivity index (χ0) is 21.2. The highest BCUT2D eigenvalue weighted by Crippen LogP contribution is 2.16. The van der Waals surface area contributed by atoms with Gasteiger partial charge in [-0.05, 0) is 37.7 Å². The van der Waals surface area contributed by atoms with Crippen LogP contribution >= 0.6 is 0 Å². The van der Waals surface area contributed by atoms with E-state index in [9.17, 15) is 9.59 Å². The normalized spacial score (nSPS) is 11.2. The fourth-order valence-corrected chi connectivity index (χ4v) is 3.02. The van der Waals surface area contributed by atoms with Crippen LogP contribution in [0.3, 0.4) is 0 Å². The molecule has 0 aromatic heterocycles. The summed E-state index contributed by atoms with van der Waals surface area (Å²) in [7, 11) is 0. The van der Waals surface area contributed by atoms with Gasteiger partial charge in [-0.3, -0.25) is 9.59 Å². The van der Waals surface area contributed by atoms with E-state index in [1.54, 1.807) is 0 Å². The van der Waals surface area contributed by atoms with Gasteiger partial charge in [0, 0.05) is 24.9 Å². The van der Waals surface area contributed by atoms with Gasteiger partial charge < -0.3 is 9.94 Å². The monoisotopic (exact) mass is 403 g/mol. The molecule has 0 spiro atoms. The number of hydroxylamine groups is 1. The van der Waals surface area contributed by atoms with Gasteiger partial charge >= 0.3 is 5.97 Å². The van der Waals surface area contributed by atoms with Crippen molar-refractivity contribution in [1.29, 1.82) is 0 Å². The number of unbranched alkanes of at least 4 members (excludes halogenated alkanes) is 6. The highest BCUT2D eigenvalue weighted by Gasteiger charge is 2.08. The second-order valence-electron chi connectivity index (χ2n) is 7.31. The summed E-state index contributed by atoms with van der Waals surface area (Å²) < 4.78 is 0. The molecular formula is C24H37NO4. The van der Waals surface area contributed by atoms with Crippen molar-refractivity contribution in [1.82, 2.24) is 5.48 Å². The summed E-state index contributed by atoms with van der Waals surface area (Å²) in [6.45, 7) is 3.32. The van der Waals surface area contributed by atoms with Crippen molar-refractivity contribution in [2.45, 2.75) is 77.6 Å². The smallest absolute Gasteiger partial charge is 0.303 e. The van der Waals surface area contributed by atoms with Gasteiger partial charge in [-0.15, -0.1) is 0 Å². The molecule has 0 fully saturated rings. The van der Waals surface area contributed by atoms with E-state index in [0.717, 1.165) is 36.8 Å². The lowest BCUT2D eigenvalue weighted by atomic mass is 9.99. The van der Waals surface area contributed by atoms with Crippen molar-refractivity contribution >= 4 is 17.8 Å². The van der Waals surface area contributed by atoms with Crippen LogP contribution in [-0.2, 0) is 9.63 Å². The largest absolute Gasteiger partial charge is 0.481 e. The maximum Gasteiger partial charge on any atom is 0.303 e. The number of Topliss-reactive ketones (excluding diaryl/α,β-unsaturated/α-hetero) is 1. The summed E-state index contributed by atoms with van der Waals surface area (Å²) >= 11 is 0. The first-order valence-electron chi connectivity index (χ1n) is 11.0. The number of carboxylic acids is 1. The van der Waals surface area contributed by atoms with Crippen molar-refractivity contribution in [3.8, 4) is 0 Å². The average Bonchev–Trinajstić information content (AvgIpc) is 2.72. The molecule has 0 heterocycles. The van der Waals surface area contributed by atoms with Crippen LogP contribution in [0.5, 0.6) is 0 Å². The van der Waals surface area contributed by atoms with E-state index in [4.69, 9.17) is 9.94 Å². The first-order valence-corrected chi connectivity index (χ1v) is 11.0. The van der Waals surface area contributed by atoms with Gasteiger partial charge in [0.15, 0.2) is 5.78 Å². The van der Waals surface area contributed by atoms with E-state index >= 15 is 0 Å². The molecule has 0 saturated carbocycles. The number of allylic oxidation sites excluding steroid dienone is 1. The maximum absolute atomic E-state index is 12.6. The SMILES string of the molecule is CCCCCCC=Cc1ccccc1C(=O)CCCCCONCCCC(=O)O. The molecule has 0 unspecified atom stereocenters. The molecule has 0 radical (unpaired) electrons. The van der Waals surface area contributed by atoms with Crippen LogP contribution in [0.1, 0.15) is 93.5 Å². The van der Waals surface area contributed by atoms with Gasteiger partial charge in [-0.1, -0.05) is 69.0 Å². The predicted molar refractivity (Wildman–Crippen MR) is 118 cm³/mol. The van der Waals surface area contributed by atoms with E-state index in [1.807, 2.05) is 24.3 Å². The molecule has 5 nitrogen and oxygen atoms in total.